The zero-order chi connectivity index (χ0) is 15.8. The molecular weight excluding hydrogens is 242 g/mol. The van der Waals surface area contributed by atoms with Crippen molar-refractivity contribution in [2.45, 2.75) is 55.4 Å². The van der Waals surface area contributed by atoms with Crippen LogP contribution >= 0.6 is 0 Å². The Hall–Kier alpha value is -0.820. The van der Waals surface area contributed by atoms with Crippen LogP contribution in [0.2, 0.25) is 0 Å². The van der Waals surface area contributed by atoms with Crippen LogP contribution in [0.25, 0.3) is 0 Å². The minimum Gasteiger partial charge on any atom is -0.312 e. The maximum atomic E-state index is 3.53. The molecule has 1 N–H and O–H groups in total. The first kappa shape index (κ1) is 19.2. The Labute approximate surface area is 127 Å². The third kappa shape index (κ3) is 5.28. The van der Waals surface area contributed by atoms with Crippen LogP contribution < -0.4 is 5.32 Å². The molecule has 0 saturated heterocycles. The summed E-state index contributed by atoms with van der Waals surface area (Å²) in [4.78, 5) is 0. The van der Waals surface area contributed by atoms with Crippen molar-refractivity contribution in [3.05, 3.63) is 35.5 Å². The first-order chi connectivity index (χ1) is 9.49. The molecule has 1 aliphatic carbocycles. The summed E-state index contributed by atoms with van der Waals surface area (Å²) in [7, 11) is 0. The van der Waals surface area contributed by atoms with Gasteiger partial charge in [0.25, 0.3) is 0 Å². The molecule has 1 heterocycles. The Morgan fingerprint density at radius 1 is 1.05 bits per heavy atom. The minimum absolute atomic E-state index is 0.193. The lowest BCUT2D eigenvalue weighted by atomic mass is 9.83. The average Bonchev–Trinajstić information content (AvgIpc) is 2.62. The standard InChI is InChI=1S/C15H23N.2C2H6/c1-11(2)14-10-16-9-12-5-7-15(3,4)8-6-13(12)14;2*1-2/h5-8,11,14,16H,9-10H2,1-4H3;2*1-2H3. The van der Waals surface area contributed by atoms with Crippen molar-refractivity contribution in [3.63, 3.8) is 0 Å². The van der Waals surface area contributed by atoms with Crippen molar-refractivity contribution < 1.29 is 0 Å². The lowest BCUT2D eigenvalue weighted by Gasteiger charge is -2.29. The minimum atomic E-state index is 0.193. The molecule has 0 aromatic heterocycles. The molecule has 0 saturated carbocycles. The van der Waals surface area contributed by atoms with Crippen molar-refractivity contribution in [2.24, 2.45) is 17.3 Å². The lowest BCUT2D eigenvalue weighted by Crippen LogP contribution is -2.34. The average molecular weight is 277 g/mol. The molecule has 0 spiro atoms. The van der Waals surface area contributed by atoms with Gasteiger partial charge in [0.05, 0.1) is 0 Å². The Balaban J connectivity index is 0.000000829. The summed E-state index contributed by atoms with van der Waals surface area (Å²) in [6.45, 7) is 19.3. The molecule has 1 aliphatic heterocycles. The van der Waals surface area contributed by atoms with Gasteiger partial charge in [-0.25, -0.2) is 0 Å². The van der Waals surface area contributed by atoms with E-state index in [1.54, 1.807) is 5.57 Å². The first-order valence-electron chi connectivity index (χ1n) is 8.32. The third-order valence-corrected chi connectivity index (χ3v) is 3.66. The second kappa shape index (κ2) is 9.18. The smallest absolute Gasteiger partial charge is 0.0208 e. The zero-order valence-corrected chi connectivity index (χ0v) is 14.9. The summed E-state index contributed by atoms with van der Waals surface area (Å²) in [6, 6.07) is 0. The van der Waals surface area contributed by atoms with Gasteiger partial charge in [0, 0.05) is 18.5 Å². The summed E-state index contributed by atoms with van der Waals surface area (Å²) >= 11 is 0. The van der Waals surface area contributed by atoms with Gasteiger partial charge in [-0.05, 0) is 23.0 Å². The second-order valence-corrected chi connectivity index (χ2v) is 5.95. The normalized spacial score (nSPS) is 23.1. The van der Waals surface area contributed by atoms with E-state index in [9.17, 15) is 0 Å². The van der Waals surface area contributed by atoms with E-state index in [0.29, 0.717) is 11.8 Å². The molecule has 2 rings (SSSR count). The number of nitrogens with one attached hydrogen (secondary N) is 1. The number of hydrogen-bond donors (Lipinski definition) is 1. The van der Waals surface area contributed by atoms with Crippen LogP contribution in [0.5, 0.6) is 0 Å². The van der Waals surface area contributed by atoms with Gasteiger partial charge >= 0.3 is 0 Å². The van der Waals surface area contributed by atoms with Gasteiger partial charge in [-0.15, -0.1) is 0 Å². The first-order valence-corrected chi connectivity index (χ1v) is 8.32. The highest BCUT2D eigenvalue weighted by molar-refractivity contribution is 5.42. The number of rotatable bonds is 1. The highest BCUT2D eigenvalue weighted by Gasteiger charge is 2.25. The Morgan fingerprint density at radius 3 is 2.15 bits per heavy atom. The van der Waals surface area contributed by atoms with Gasteiger partial charge in [-0.1, -0.05) is 79.7 Å². The van der Waals surface area contributed by atoms with Gasteiger partial charge in [-0.2, -0.15) is 0 Å². The van der Waals surface area contributed by atoms with E-state index >= 15 is 0 Å². The summed E-state index contributed by atoms with van der Waals surface area (Å²) < 4.78 is 0. The summed E-state index contributed by atoms with van der Waals surface area (Å²) in [5, 5.41) is 3.53. The molecule has 1 atom stereocenters. The van der Waals surface area contributed by atoms with Gasteiger partial charge < -0.3 is 5.32 Å². The molecule has 2 aliphatic rings. The predicted octanol–water partition coefficient (Wildman–Crippen LogP) is 5.36. The van der Waals surface area contributed by atoms with Gasteiger partial charge in [0.2, 0.25) is 0 Å². The summed E-state index contributed by atoms with van der Waals surface area (Å²) in [5.41, 5.74) is 3.22. The van der Waals surface area contributed by atoms with Gasteiger partial charge in [0.1, 0.15) is 0 Å². The SMILES string of the molecule is CC.CC.CC(C)C1CNCC2=C1C=CC(C)(C)C=C2. The molecule has 0 aromatic rings. The number of allylic oxidation sites excluding steroid dienone is 3. The molecule has 1 unspecified atom stereocenters. The van der Waals surface area contributed by atoms with E-state index in [0.717, 1.165) is 13.1 Å². The van der Waals surface area contributed by atoms with Crippen LogP contribution in [0.1, 0.15) is 55.4 Å². The van der Waals surface area contributed by atoms with Crippen molar-refractivity contribution >= 4 is 0 Å². The molecule has 0 amide bonds. The Morgan fingerprint density at radius 2 is 1.60 bits per heavy atom. The topological polar surface area (TPSA) is 12.0 Å². The predicted molar refractivity (Wildman–Crippen MR) is 93.0 cm³/mol. The van der Waals surface area contributed by atoms with Crippen LogP contribution in [0.4, 0.5) is 0 Å². The van der Waals surface area contributed by atoms with Gasteiger partial charge in [0.15, 0.2) is 0 Å². The third-order valence-electron chi connectivity index (χ3n) is 3.66. The molecule has 0 radical (unpaired) electrons. The maximum absolute atomic E-state index is 3.53. The molecule has 0 bridgehead atoms. The monoisotopic (exact) mass is 277 g/mol. The highest BCUT2D eigenvalue weighted by atomic mass is 14.9. The Bertz CT molecular complexity index is 356. The number of hydrogen-bond acceptors (Lipinski definition) is 1. The zero-order valence-electron chi connectivity index (χ0n) is 14.9. The van der Waals surface area contributed by atoms with E-state index in [2.05, 4.69) is 57.3 Å². The Kier molecular flexibility index (Phi) is 8.80. The molecule has 20 heavy (non-hydrogen) atoms. The van der Waals surface area contributed by atoms with E-state index < -0.39 is 0 Å². The molecule has 1 nitrogen and oxygen atoms in total. The van der Waals surface area contributed by atoms with Crippen molar-refractivity contribution in [2.75, 3.05) is 13.1 Å². The maximum Gasteiger partial charge on any atom is 0.0208 e. The van der Waals surface area contributed by atoms with Crippen LogP contribution in [-0.4, -0.2) is 13.1 Å². The fraction of sp³-hybridized carbons (Fsp3) is 0.684. The van der Waals surface area contributed by atoms with Gasteiger partial charge in [-0.3, -0.25) is 0 Å². The summed E-state index contributed by atoms with van der Waals surface area (Å²) in [5.74, 6) is 1.37. The lowest BCUT2D eigenvalue weighted by molar-refractivity contribution is 0.408. The van der Waals surface area contributed by atoms with E-state index in [1.807, 2.05) is 27.7 Å². The second-order valence-electron chi connectivity index (χ2n) is 5.95. The molecule has 0 aromatic carbocycles. The molecule has 0 fully saturated rings. The molecule has 1 heteroatoms. The fourth-order valence-electron chi connectivity index (χ4n) is 2.47. The summed E-state index contributed by atoms with van der Waals surface area (Å²) in [6.07, 6.45) is 9.33. The van der Waals surface area contributed by atoms with E-state index in [1.165, 1.54) is 5.57 Å². The quantitative estimate of drug-likeness (QED) is 0.680. The largest absolute Gasteiger partial charge is 0.312 e. The van der Waals surface area contributed by atoms with Crippen molar-refractivity contribution in [3.8, 4) is 0 Å². The van der Waals surface area contributed by atoms with E-state index in [-0.39, 0.29) is 5.41 Å². The van der Waals surface area contributed by atoms with Crippen LogP contribution in [0, 0.1) is 17.3 Å². The molecular formula is C19H35N. The van der Waals surface area contributed by atoms with Crippen LogP contribution in [-0.2, 0) is 0 Å². The van der Waals surface area contributed by atoms with Crippen LogP contribution in [0.3, 0.4) is 0 Å². The molecule has 116 valence electrons. The fourth-order valence-corrected chi connectivity index (χ4v) is 2.47. The van der Waals surface area contributed by atoms with Crippen molar-refractivity contribution in [1.29, 1.82) is 0 Å². The van der Waals surface area contributed by atoms with E-state index in [4.69, 9.17) is 0 Å². The van der Waals surface area contributed by atoms with Crippen LogP contribution in [0.15, 0.2) is 35.5 Å². The highest BCUT2D eigenvalue weighted by Crippen LogP contribution is 2.32. The van der Waals surface area contributed by atoms with Crippen molar-refractivity contribution in [1.82, 2.24) is 5.32 Å².